The number of nitrogens with zero attached hydrogens (tertiary/aromatic N) is 1. The van der Waals surface area contributed by atoms with Crippen LogP contribution in [0.3, 0.4) is 0 Å². The lowest BCUT2D eigenvalue weighted by Crippen LogP contribution is -2.39. The van der Waals surface area contributed by atoms with Crippen LogP contribution in [-0.4, -0.2) is 41.2 Å². The highest BCUT2D eigenvalue weighted by atomic mass is 32.2. The van der Waals surface area contributed by atoms with Crippen molar-refractivity contribution >= 4 is 23.6 Å². The Kier molecular flexibility index (Phi) is 5.99. The number of rotatable bonds is 5. The lowest BCUT2D eigenvalue weighted by Gasteiger charge is -2.32. The topological polar surface area (TPSA) is 57.6 Å². The Morgan fingerprint density at radius 2 is 1.73 bits per heavy atom. The molecule has 1 amide bonds. The lowest BCUT2D eigenvalue weighted by atomic mass is 9.88. The lowest BCUT2D eigenvalue weighted by molar-refractivity contribution is 0.0690. The van der Waals surface area contributed by atoms with Gasteiger partial charge in [-0.1, -0.05) is 18.2 Å². The second-order valence-electron chi connectivity index (χ2n) is 6.63. The number of carboxylic acids is 1. The van der Waals surface area contributed by atoms with E-state index >= 15 is 0 Å². The van der Waals surface area contributed by atoms with E-state index in [-0.39, 0.29) is 5.91 Å². The van der Waals surface area contributed by atoms with Gasteiger partial charge in [-0.3, -0.25) is 4.79 Å². The third kappa shape index (κ3) is 4.28. The number of carbonyl (C=O) groups is 2. The number of carbonyl (C=O) groups excluding carboxylic acids is 1. The summed E-state index contributed by atoms with van der Waals surface area (Å²) in [7, 11) is 0. The number of hydrogen-bond acceptors (Lipinski definition) is 3. The van der Waals surface area contributed by atoms with Gasteiger partial charge in [-0.05, 0) is 67.3 Å². The monoisotopic (exact) mass is 369 g/mol. The molecule has 1 heterocycles. The maximum atomic E-state index is 12.6. The first-order valence-corrected chi connectivity index (χ1v) is 10.1. The fourth-order valence-electron chi connectivity index (χ4n) is 3.47. The fourth-order valence-corrected chi connectivity index (χ4v) is 3.88. The minimum absolute atomic E-state index is 0.0852. The Balaban J connectivity index is 1.59. The van der Waals surface area contributed by atoms with Crippen molar-refractivity contribution in [3.8, 4) is 0 Å². The van der Waals surface area contributed by atoms with Gasteiger partial charge in [-0.2, -0.15) is 0 Å². The number of aromatic carboxylic acids is 1. The van der Waals surface area contributed by atoms with Gasteiger partial charge in [0.15, 0.2) is 0 Å². The molecular weight excluding hydrogens is 346 g/mol. The molecule has 1 N–H and O–H groups in total. The SMILES string of the molecule is CSc1ccc(C(=O)N2CCC(Cc3ccccc3C(=O)O)CC2)cc1. The zero-order valence-electron chi connectivity index (χ0n) is 14.9. The number of thioether (sulfide) groups is 1. The number of carboxylic acid groups (broad SMARTS) is 1. The molecule has 0 unspecified atom stereocenters. The second-order valence-corrected chi connectivity index (χ2v) is 7.51. The van der Waals surface area contributed by atoms with Crippen LogP contribution >= 0.6 is 11.8 Å². The molecule has 1 fully saturated rings. The summed E-state index contributed by atoms with van der Waals surface area (Å²) >= 11 is 1.66. The van der Waals surface area contributed by atoms with Crippen molar-refractivity contribution in [2.24, 2.45) is 5.92 Å². The van der Waals surface area contributed by atoms with Crippen LogP contribution < -0.4 is 0 Å². The average Bonchev–Trinajstić information content (AvgIpc) is 2.68. The van der Waals surface area contributed by atoms with Gasteiger partial charge in [0, 0.05) is 23.5 Å². The first kappa shape index (κ1) is 18.5. The van der Waals surface area contributed by atoms with Crippen molar-refractivity contribution in [2.45, 2.75) is 24.2 Å². The quantitative estimate of drug-likeness (QED) is 0.803. The Morgan fingerprint density at radius 3 is 2.35 bits per heavy atom. The average molecular weight is 369 g/mol. The standard InChI is InChI=1S/C21H23NO3S/c1-26-18-8-6-16(7-9-18)20(23)22-12-10-15(11-13-22)14-17-4-2-3-5-19(17)21(24)25/h2-9,15H,10-14H2,1H3,(H,24,25). The van der Waals surface area contributed by atoms with E-state index in [0.717, 1.165) is 48.4 Å². The van der Waals surface area contributed by atoms with Crippen LogP contribution in [0.5, 0.6) is 0 Å². The van der Waals surface area contributed by atoms with E-state index in [0.29, 0.717) is 11.5 Å². The van der Waals surface area contributed by atoms with Crippen LogP contribution in [0.2, 0.25) is 0 Å². The molecule has 0 radical (unpaired) electrons. The Labute approximate surface area is 158 Å². The van der Waals surface area contributed by atoms with Gasteiger partial charge in [0.25, 0.3) is 5.91 Å². The zero-order valence-corrected chi connectivity index (χ0v) is 15.7. The van der Waals surface area contributed by atoms with E-state index in [1.165, 1.54) is 0 Å². The molecule has 0 saturated carbocycles. The molecule has 2 aromatic rings. The molecule has 0 atom stereocenters. The van der Waals surface area contributed by atoms with Crippen LogP contribution in [-0.2, 0) is 6.42 Å². The molecule has 136 valence electrons. The van der Waals surface area contributed by atoms with Crippen molar-refractivity contribution in [1.82, 2.24) is 4.90 Å². The number of benzene rings is 2. The molecule has 3 rings (SSSR count). The summed E-state index contributed by atoms with van der Waals surface area (Å²) in [5.41, 5.74) is 2.01. The summed E-state index contributed by atoms with van der Waals surface area (Å²) in [6.07, 6.45) is 4.59. The highest BCUT2D eigenvalue weighted by molar-refractivity contribution is 7.98. The van der Waals surface area contributed by atoms with Gasteiger partial charge in [0.05, 0.1) is 5.56 Å². The summed E-state index contributed by atoms with van der Waals surface area (Å²) in [4.78, 5) is 27.1. The van der Waals surface area contributed by atoms with Crippen molar-refractivity contribution < 1.29 is 14.7 Å². The highest BCUT2D eigenvalue weighted by Crippen LogP contribution is 2.25. The number of piperidine rings is 1. The van der Waals surface area contributed by atoms with E-state index in [9.17, 15) is 14.7 Å². The van der Waals surface area contributed by atoms with E-state index in [2.05, 4.69) is 0 Å². The van der Waals surface area contributed by atoms with Gasteiger partial charge in [-0.25, -0.2) is 4.79 Å². The van der Waals surface area contributed by atoms with E-state index in [1.807, 2.05) is 47.6 Å². The summed E-state index contributed by atoms with van der Waals surface area (Å²) in [6, 6.07) is 15.0. The van der Waals surface area contributed by atoms with Crippen LogP contribution in [0.4, 0.5) is 0 Å². The zero-order chi connectivity index (χ0) is 18.5. The third-order valence-electron chi connectivity index (χ3n) is 5.00. The molecule has 1 saturated heterocycles. The first-order chi connectivity index (χ1) is 12.6. The molecule has 26 heavy (non-hydrogen) atoms. The summed E-state index contributed by atoms with van der Waals surface area (Å²) in [5.74, 6) is -0.373. The Hall–Kier alpha value is -2.27. The molecule has 0 aromatic heterocycles. The van der Waals surface area contributed by atoms with E-state index in [1.54, 1.807) is 23.9 Å². The first-order valence-electron chi connectivity index (χ1n) is 8.83. The van der Waals surface area contributed by atoms with Crippen LogP contribution in [0.25, 0.3) is 0 Å². The van der Waals surface area contributed by atoms with Crippen molar-refractivity contribution in [1.29, 1.82) is 0 Å². The van der Waals surface area contributed by atoms with Crippen molar-refractivity contribution in [3.63, 3.8) is 0 Å². The van der Waals surface area contributed by atoms with Gasteiger partial charge in [0.1, 0.15) is 0 Å². The third-order valence-corrected chi connectivity index (χ3v) is 5.74. The normalized spacial score (nSPS) is 15.0. The molecule has 4 nitrogen and oxygen atoms in total. The maximum Gasteiger partial charge on any atom is 0.335 e. The summed E-state index contributed by atoms with van der Waals surface area (Å²) < 4.78 is 0. The Morgan fingerprint density at radius 1 is 1.08 bits per heavy atom. The number of hydrogen-bond donors (Lipinski definition) is 1. The van der Waals surface area contributed by atoms with Gasteiger partial charge in [0.2, 0.25) is 0 Å². The summed E-state index contributed by atoms with van der Waals surface area (Å²) in [5, 5.41) is 9.32. The van der Waals surface area contributed by atoms with E-state index in [4.69, 9.17) is 0 Å². The smallest absolute Gasteiger partial charge is 0.335 e. The largest absolute Gasteiger partial charge is 0.478 e. The second kappa shape index (κ2) is 8.41. The molecule has 0 aliphatic carbocycles. The predicted octanol–water partition coefficient (Wildman–Crippen LogP) is 4.20. The van der Waals surface area contributed by atoms with Crippen molar-refractivity contribution in [2.75, 3.05) is 19.3 Å². The minimum Gasteiger partial charge on any atom is -0.478 e. The summed E-state index contributed by atoms with van der Waals surface area (Å²) in [6.45, 7) is 1.45. The molecule has 1 aliphatic rings. The van der Waals surface area contributed by atoms with Crippen LogP contribution in [0.15, 0.2) is 53.4 Å². The molecular formula is C21H23NO3S. The number of amides is 1. The molecule has 2 aromatic carbocycles. The van der Waals surface area contributed by atoms with Crippen molar-refractivity contribution in [3.05, 3.63) is 65.2 Å². The molecule has 0 bridgehead atoms. The van der Waals surface area contributed by atoms with Crippen LogP contribution in [0.1, 0.15) is 39.1 Å². The predicted molar refractivity (Wildman–Crippen MR) is 104 cm³/mol. The number of likely N-dealkylation sites (tertiary alicyclic amines) is 1. The van der Waals surface area contributed by atoms with Gasteiger partial charge >= 0.3 is 5.97 Å². The van der Waals surface area contributed by atoms with Gasteiger partial charge in [-0.15, -0.1) is 11.8 Å². The highest BCUT2D eigenvalue weighted by Gasteiger charge is 2.24. The minimum atomic E-state index is -0.873. The molecule has 1 aliphatic heterocycles. The maximum absolute atomic E-state index is 12.6. The molecule has 5 heteroatoms. The Bertz CT molecular complexity index is 780. The fraction of sp³-hybridized carbons (Fsp3) is 0.333. The van der Waals surface area contributed by atoms with Gasteiger partial charge < -0.3 is 10.0 Å². The van der Waals surface area contributed by atoms with E-state index < -0.39 is 5.97 Å². The molecule has 0 spiro atoms. The van der Waals surface area contributed by atoms with Crippen LogP contribution in [0, 0.1) is 5.92 Å².